The number of rotatable bonds is 5. The molecule has 0 saturated heterocycles. The Bertz CT molecular complexity index is 706. The number of benzene rings is 2. The Balaban J connectivity index is 2.22. The molecule has 1 amide bonds. The number of hydrogen-bond donors (Lipinski definition) is 2. The fourth-order valence-electron chi connectivity index (χ4n) is 1.79. The van der Waals surface area contributed by atoms with E-state index in [0.717, 1.165) is 5.69 Å². The van der Waals surface area contributed by atoms with E-state index < -0.39 is 5.91 Å². The van der Waals surface area contributed by atoms with E-state index in [-0.39, 0.29) is 5.57 Å². The summed E-state index contributed by atoms with van der Waals surface area (Å²) in [4.78, 5) is 12.3. The lowest BCUT2D eigenvalue weighted by molar-refractivity contribution is -0.112. The topological polar surface area (TPSA) is 64.9 Å². The van der Waals surface area contributed by atoms with Crippen LogP contribution in [-0.2, 0) is 4.79 Å². The second-order valence-corrected chi connectivity index (χ2v) is 5.15. The van der Waals surface area contributed by atoms with E-state index in [1.54, 1.807) is 12.1 Å². The largest absolute Gasteiger partial charge is 0.349 e. The smallest absolute Gasteiger partial charge is 0.269 e. The lowest BCUT2D eigenvalue weighted by Crippen LogP contribution is -2.16. The Kier molecular flexibility index (Phi) is 5.64. The first-order chi connectivity index (χ1) is 10.7. The molecule has 0 bridgehead atoms. The molecule has 2 aromatic carbocycles. The quantitative estimate of drug-likeness (QED) is 0.650. The summed E-state index contributed by atoms with van der Waals surface area (Å²) in [7, 11) is 0. The SMILES string of the molecule is CSC(Nc1ccccc1)=C(C#N)C(=O)Nc1ccccc1. The van der Waals surface area contributed by atoms with Crippen LogP contribution in [0.1, 0.15) is 0 Å². The summed E-state index contributed by atoms with van der Waals surface area (Å²) < 4.78 is 0. The third-order valence-corrected chi connectivity index (χ3v) is 3.55. The van der Waals surface area contributed by atoms with Crippen molar-refractivity contribution < 1.29 is 4.79 Å². The van der Waals surface area contributed by atoms with E-state index in [1.165, 1.54) is 11.8 Å². The molecular formula is C17H15N3OS. The van der Waals surface area contributed by atoms with Crippen LogP contribution in [0.4, 0.5) is 11.4 Å². The van der Waals surface area contributed by atoms with Crippen molar-refractivity contribution in [1.29, 1.82) is 5.26 Å². The van der Waals surface area contributed by atoms with Gasteiger partial charge in [-0.3, -0.25) is 4.79 Å². The predicted molar refractivity (Wildman–Crippen MR) is 91.3 cm³/mol. The van der Waals surface area contributed by atoms with E-state index in [9.17, 15) is 10.1 Å². The summed E-state index contributed by atoms with van der Waals surface area (Å²) >= 11 is 1.32. The van der Waals surface area contributed by atoms with Gasteiger partial charge >= 0.3 is 0 Å². The van der Waals surface area contributed by atoms with E-state index in [0.29, 0.717) is 10.7 Å². The van der Waals surface area contributed by atoms with Gasteiger partial charge in [-0.1, -0.05) is 36.4 Å². The van der Waals surface area contributed by atoms with Crippen LogP contribution in [0.15, 0.2) is 71.3 Å². The minimum Gasteiger partial charge on any atom is -0.349 e. The van der Waals surface area contributed by atoms with Gasteiger partial charge in [-0.15, -0.1) is 11.8 Å². The summed E-state index contributed by atoms with van der Waals surface area (Å²) in [6.45, 7) is 0. The van der Waals surface area contributed by atoms with Crippen molar-refractivity contribution in [2.24, 2.45) is 0 Å². The molecule has 2 N–H and O–H groups in total. The van der Waals surface area contributed by atoms with E-state index in [2.05, 4.69) is 10.6 Å². The Morgan fingerprint density at radius 2 is 1.45 bits per heavy atom. The van der Waals surface area contributed by atoms with Gasteiger partial charge in [0.05, 0.1) is 5.03 Å². The van der Waals surface area contributed by atoms with Crippen molar-refractivity contribution >= 4 is 29.0 Å². The van der Waals surface area contributed by atoms with Crippen LogP contribution in [-0.4, -0.2) is 12.2 Å². The number of nitriles is 1. The maximum absolute atomic E-state index is 12.3. The highest BCUT2D eigenvalue weighted by atomic mass is 32.2. The average Bonchev–Trinajstić information content (AvgIpc) is 2.56. The molecule has 2 aromatic rings. The van der Waals surface area contributed by atoms with Crippen molar-refractivity contribution in [2.75, 3.05) is 16.9 Å². The third kappa shape index (κ3) is 4.14. The minimum atomic E-state index is -0.429. The third-order valence-electron chi connectivity index (χ3n) is 2.83. The van der Waals surface area contributed by atoms with Gasteiger partial charge < -0.3 is 10.6 Å². The molecule has 0 heterocycles. The highest BCUT2D eigenvalue weighted by Crippen LogP contribution is 2.21. The predicted octanol–water partition coefficient (Wildman–Crippen LogP) is 3.84. The Morgan fingerprint density at radius 3 is 1.91 bits per heavy atom. The molecule has 0 fully saturated rings. The van der Waals surface area contributed by atoms with Crippen molar-refractivity contribution in [3.8, 4) is 6.07 Å². The van der Waals surface area contributed by atoms with Crippen LogP contribution in [0.5, 0.6) is 0 Å². The van der Waals surface area contributed by atoms with Crippen LogP contribution >= 0.6 is 11.8 Å². The van der Waals surface area contributed by atoms with Crippen molar-refractivity contribution in [1.82, 2.24) is 0 Å². The fraction of sp³-hybridized carbons (Fsp3) is 0.0588. The molecule has 0 radical (unpaired) electrons. The number of hydrogen-bond acceptors (Lipinski definition) is 4. The molecule has 0 aliphatic rings. The summed E-state index contributed by atoms with van der Waals surface area (Å²) in [5, 5.41) is 15.7. The first-order valence-corrected chi connectivity index (χ1v) is 7.84. The summed E-state index contributed by atoms with van der Waals surface area (Å²) in [6, 6.07) is 20.5. The standard InChI is InChI=1S/C17H15N3OS/c1-22-17(20-14-10-6-3-7-11-14)15(12-18)16(21)19-13-8-4-2-5-9-13/h2-11,20H,1H3,(H,19,21). The second-order valence-electron chi connectivity index (χ2n) is 4.33. The molecule has 110 valence electrons. The van der Waals surface area contributed by atoms with Gasteiger partial charge in [0.15, 0.2) is 0 Å². The molecule has 5 heteroatoms. The summed E-state index contributed by atoms with van der Waals surface area (Å²) in [5.41, 5.74) is 1.53. The van der Waals surface area contributed by atoms with Gasteiger partial charge in [0.2, 0.25) is 0 Å². The maximum atomic E-state index is 12.3. The molecular weight excluding hydrogens is 294 g/mol. The van der Waals surface area contributed by atoms with Crippen LogP contribution in [0.2, 0.25) is 0 Å². The number of para-hydroxylation sites is 2. The van der Waals surface area contributed by atoms with Crippen LogP contribution in [0, 0.1) is 11.3 Å². The fourth-order valence-corrected chi connectivity index (χ4v) is 2.35. The summed E-state index contributed by atoms with van der Waals surface area (Å²) in [5.74, 6) is -0.429. The average molecular weight is 309 g/mol. The molecule has 0 atom stereocenters. The zero-order valence-corrected chi connectivity index (χ0v) is 12.9. The number of carbonyl (C=O) groups is 1. The normalized spacial score (nSPS) is 11.1. The van der Waals surface area contributed by atoms with E-state index in [1.807, 2.05) is 60.9 Å². The Labute approximate surface area is 133 Å². The molecule has 0 aromatic heterocycles. The molecule has 0 aliphatic heterocycles. The number of anilines is 2. The highest BCUT2D eigenvalue weighted by molar-refractivity contribution is 8.02. The zero-order valence-electron chi connectivity index (χ0n) is 12.0. The zero-order chi connectivity index (χ0) is 15.8. The molecule has 4 nitrogen and oxygen atoms in total. The van der Waals surface area contributed by atoms with Crippen molar-refractivity contribution in [2.45, 2.75) is 0 Å². The number of thioether (sulfide) groups is 1. The Morgan fingerprint density at radius 1 is 0.955 bits per heavy atom. The van der Waals surface area contributed by atoms with Gasteiger partial charge in [-0.05, 0) is 30.5 Å². The van der Waals surface area contributed by atoms with Crippen molar-refractivity contribution in [3.05, 3.63) is 71.3 Å². The van der Waals surface area contributed by atoms with Crippen LogP contribution < -0.4 is 10.6 Å². The highest BCUT2D eigenvalue weighted by Gasteiger charge is 2.15. The summed E-state index contributed by atoms with van der Waals surface area (Å²) in [6.07, 6.45) is 1.82. The minimum absolute atomic E-state index is 0.0557. The molecule has 0 saturated carbocycles. The molecule has 0 unspecified atom stereocenters. The van der Waals surface area contributed by atoms with Crippen LogP contribution in [0.25, 0.3) is 0 Å². The molecule has 22 heavy (non-hydrogen) atoms. The number of amides is 1. The lowest BCUT2D eigenvalue weighted by Gasteiger charge is -2.11. The Hall–Kier alpha value is -2.71. The van der Waals surface area contributed by atoms with Gasteiger partial charge in [0.1, 0.15) is 11.6 Å². The van der Waals surface area contributed by atoms with Gasteiger partial charge in [-0.2, -0.15) is 5.26 Å². The molecule has 2 rings (SSSR count). The van der Waals surface area contributed by atoms with Gasteiger partial charge in [0.25, 0.3) is 5.91 Å². The van der Waals surface area contributed by atoms with E-state index in [4.69, 9.17) is 0 Å². The number of nitrogens with zero attached hydrogens (tertiary/aromatic N) is 1. The van der Waals surface area contributed by atoms with Gasteiger partial charge in [-0.25, -0.2) is 0 Å². The lowest BCUT2D eigenvalue weighted by atomic mass is 10.2. The number of nitrogens with one attached hydrogen (secondary N) is 2. The molecule has 0 aliphatic carbocycles. The van der Waals surface area contributed by atoms with Crippen molar-refractivity contribution in [3.63, 3.8) is 0 Å². The van der Waals surface area contributed by atoms with Gasteiger partial charge in [0, 0.05) is 11.4 Å². The first-order valence-electron chi connectivity index (χ1n) is 6.61. The van der Waals surface area contributed by atoms with Crippen LogP contribution in [0.3, 0.4) is 0 Å². The first kappa shape index (κ1) is 15.7. The molecule has 0 spiro atoms. The maximum Gasteiger partial charge on any atom is 0.269 e. The monoisotopic (exact) mass is 309 g/mol. The van der Waals surface area contributed by atoms with E-state index >= 15 is 0 Å². The number of carbonyl (C=O) groups excluding carboxylic acids is 1. The second kappa shape index (κ2) is 7.91.